The van der Waals surface area contributed by atoms with Gasteiger partial charge in [0.15, 0.2) is 0 Å². The highest BCUT2D eigenvalue weighted by Crippen LogP contribution is 2.19. The van der Waals surface area contributed by atoms with Crippen LogP contribution in [-0.4, -0.2) is 16.6 Å². The Bertz CT molecular complexity index is 572. The molecule has 0 fully saturated rings. The fraction of sp³-hybridized carbons (Fsp3) is 0.143. The van der Waals surface area contributed by atoms with Gasteiger partial charge < -0.3 is 5.32 Å². The number of amides is 1. The molecule has 0 bridgehead atoms. The molecule has 1 heterocycles. The van der Waals surface area contributed by atoms with Gasteiger partial charge in [0.1, 0.15) is 0 Å². The molecule has 1 N–H and O–H groups in total. The molecule has 0 saturated carbocycles. The number of pyridine rings is 1. The standard InChI is InChI=1S/C14H13IN2OS/c1-10-6-7-14(16-8-10)19-9-13(18)17-12-5-3-2-4-11(12)15/h2-8H,9H2,1H3,(H,17,18). The molecule has 19 heavy (non-hydrogen) atoms. The highest BCUT2D eigenvalue weighted by atomic mass is 127. The summed E-state index contributed by atoms with van der Waals surface area (Å²) in [4.78, 5) is 16.1. The number of halogens is 1. The van der Waals surface area contributed by atoms with Gasteiger partial charge in [-0.05, 0) is 53.3 Å². The van der Waals surface area contributed by atoms with Crippen LogP contribution in [0.3, 0.4) is 0 Å². The van der Waals surface area contributed by atoms with Crippen LogP contribution in [0.2, 0.25) is 0 Å². The second-order valence-corrected chi connectivity index (χ2v) is 6.15. The second-order valence-electron chi connectivity index (χ2n) is 3.99. The Morgan fingerprint density at radius 2 is 2.11 bits per heavy atom. The number of para-hydroxylation sites is 1. The number of anilines is 1. The molecule has 0 spiro atoms. The molecule has 0 saturated heterocycles. The molecule has 3 nitrogen and oxygen atoms in total. The predicted octanol–water partition coefficient (Wildman–Crippen LogP) is 3.73. The van der Waals surface area contributed by atoms with Gasteiger partial charge in [0.2, 0.25) is 5.91 Å². The molecule has 1 aromatic heterocycles. The van der Waals surface area contributed by atoms with E-state index in [1.54, 1.807) is 6.20 Å². The first-order valence-corrected chi connectivity index (χ1v) is 7.81. The van der Waals surface area contributed by atoms with Gasteiger partial charge in [0.25, 0.3) is 0 Å². The number of hydrogen-bond donors (Lipinski definition) is 1. The van der Waals surface area contributed by atoms with Crippen molar-refractivity contribution >= 4 is 45.9 Å². The van der Waals surface area contributed by atoms with Crippen LogP contribution in [0, 0.1) is 10.5 Å². The van der Waals surface area contributed by atoms with Crippen molar-refractivity contribution in [2.24, 2.45) is 0 Å². The maximum Gasteiger partial charge on any atom is 0.234 e. The largest absolute Gasteiger partial charge is 0.324 e. The van der Waals surface area contributed by atoms with Crippen LogP contribution < -0.4 is 5.32 Å². The molecule has 1 aromatic carbocycles. The number of aryl methyl sites for hydroxylation is 1. The number of rotatable bonds is 4. The van der Waals surface area contributed by atoms with E-state index in [4.69, 9.17) is 0 Å². The smallest absolute Gasteiger partial charge is 0.234 e. The monoisotopic (exact) mass is 384 g/mol. The minimum absolute atomic E-state index is 0.0171. The Balaban J connectivity index is 1.88. The topological polar surface area (TPSA) is 42.0 Å². The van der Waals surface area contributed by atoms with Crippen LogP contribution in [0.15, 0.2) is 47.6 Å². The van der Waals surface area contributed by atoms with Crippen molar-refractivity contribution in [2.45, 2.75) is 11.9 Å². The number of carbonyl (C=O) groups excluding carboxylic acids is 1. The summed E-state index contributed by atoms with van der Waals surface area (Å²) in [5.74, 6) is 0.345. The maximum absolute atomic E-state index is 11.8. The zero-order valence-corrected chi connectivity index (χ0v) is 13.4. The molecule has 0 aliphatic carbocycles. The van der Waals surface area contributed by atoms with Crippen LogP contribution in [-0.2, 0) is 4.79 Å². The minimum Gasteiger partial charge on any atom is -0.324 e. The van der Waals surface area contributed by atoms with E-state index in [2.05, 4.69) is 32.9 Å². The van der Waals surface area contributed by atoms with Crippen LogP contribution in [0.5, 0.6) is 0 Å². The third kappa shape index (κ3) is 4.50. The highest BCUT2D eigenvalue weighted by molar-refractivity contribution is 14.1. The van der Waals surface area contributed by atoms with Crippen LogP contribution in [0.25, 0.3) is 0 Å². The van der Waals surface area contributed by atoms with Crippen LogP contribution in [0.4, 0.5) is 5.69 Å². The maximum atomic E-state index is 11.8. The Morgan fingerprint density at radius 3 is 2.79 bits per heavy atom. The van der Waals surface area contributed by atoms with Gasteiger partial charge in [-0.3, -0.25) is 4.79 Å². The number of aromatic nitrogens is 1. The lowest BCUT2D eigenvalue weighted by Crippen LogP contribution is -2.14. The number of hydrogen-bond acceptors (Lipinski definition) is 3. The molecular formula is C14H13IN2OS. The molecule has 0 aliphatic heterocycles. The summed E-state index contributed by atoms with van der Waals surface area (Å²) in [5, 5.41) is 3.76. The lowest BCUT2D eigenvalue weighted by molar-refractivity contribution is -0.113. The molecule has 0 radical (unpaired) electrons. The molecule has 2 rings (SSSR count). The average Bonchev–Trinajstić information content (AvgIpc) is 2.41. The van der Waals surface area contributed by atoms with E-state index in [9.17, 15) is 4.79 Å². The van der Waals surface area contributed by atoms with E-state index in [-0.39, 0.29) is 5.91 Å². The van der Waals surface area contributed by atoms with E-state index in [0.717, 1.165) is 19.8 Å². The lowest BCUT2D eigenvalue weighted by Gasteiger charge is -2.06. The highest BCUT2D eigenvalue weighted by Gasteiger charge is 2.06. The molecule has 1 amide bonds. The fourth-order valence-electron chi connectivity index (χ4n) is 1.43. The first-order valence-electron chi connectivity index (χ1n) is 5.75. The van der Waals surface area contributed by atoms with E-state index in [1.165, 1.54) is 11.8 Å². The van der Waals surface area contributed by atoms with Crippen molar-refractivity contribution in [2.75, 3.05) is 11.1 Å². The van der Waals surface area contributed by atoms with E-state index < -0.39 is 0 Å². The summed E-state index contributed by atoms with van der Waals surface area (Å²) < 4.78 is 1.03. The van der Waals surface area contributed by atoms with Gasteiger partial charge in [-0.25, -0.2) is 4.98 Å². The van der Waals surface area contributed by atoms with Gasteiger partial charge in [0.05, 0.1) is 16.5 Å². The molecule has 0 atom stereocenters. The molecule has 0 unspecified atom stereocenters. The number of nitrogens with zero attached hydrogens (tertiary/aromatic N) is 1. The van der Waals surface area contributed by atoms with Crippen molar-refractivity contribution in [1.29, 1.82) is 0 Å². The molecule has 0 aliphatic rings. The van der Waals surface area contributed by atoms with Gasteiger partial charge in [0, 0.05) is 9.77 Å². The van der Waals surface area contributed by atoms with Crippen molar-refractivity contribution < 1.29 is 4.79 Å². The van der Waals surface area contributed by atoms with E-state index >= 15 is 0 Å². The lowest BCUT2D eigenvalue weighted by atomic mass is 10.3. The Hall–Kier alpha value is -1.08. The summed E-state index contributed by atoms with van der Waals surface area (Å²) in [7, 11) is 0. The third-order valence-corrected chi connectivity index (χ3v) is 4.27. The fourth-order valence-corrected chi connectivity index (χ4v) is 2.59. The van der Waals surface area contributed by atoms with Gasteiger partial charge in [-0.1, -0.05) is 30.0 Å². The minimum atomic E-state index is -0.0171. The zero-order chi connectivity index (χ0) is 13.7. The molecule has 5 heteroatoms. The van der Waals surface area contributed by atoms with Crippen molar-refractivity contribution in [3.05, 3.63) is 51.7 Å². The molecule has 98 valence electrons. The summed E-state index contributed by atoms with van der Waals surface area (Å²) >= 11 is 3.64. The number of carbonyl (C=O) groups is 1. The number of benzene rings is 1. The van der Waals surface area contributed by atoms with E-state index in [1.807, 2.05) is 43.3 Å². The van der Waals surface area contributed by atoms with Gasteiger partial charge >= 0.3 is 0 Å². The quantitative estimate of drug-likeness (QED) is 0.645. The zero-order valence-electron chi connectivity index (χ0n) is 10.4. The van der Waals surface area contributed by atoms with Crippen LogP contribution >= 0.6 is 34.4 Å². The summed E-state index contributed by atoms with van der Waals surface area (Å²) in [5.41, 5.74) is 1.97. The number of thioether (sulfide) groups is 1. The number of nitrogens with one attached hydrogen (secondary N) is 1. The summed E-state index contributed by atoms with van der Waals surface area (Å²) in [6.07, 6.45) is 1.81. The van der Waals surface area contributed by atoms with Crippen LogP contribution in [0.1, 0.15) is 5.56 Å². The summed E-state index contributed by atoms with van der Waals surface area (Å²) in [6.45, 7) is 1.99. The van der Waals surface area contributed by atoms with Gasteiger partial charge in [-0.15, -0.1) is 0 Å². The molecule has 2 aromatic rings. The van der Waals surface area contributed by atoms with Crippen molar-refractivity contribution in [1.82, 2.24) is 4.98 Å². The molecular weight excluding hydrogens is 371 g/mol. The summed E-state index contributed by atoms with van der Waals surface area (Å²) in [6, 6.07) is 11.6. The first-order chi connectivity index (χ1) is 9.15. The first kappa shape index (κ1) is 14.3. The van der Waals surface area contributed by atoms with Crippen molar-refractivity contribution in [3.8, 4) is 0 Å². The normalized spacial score (nSPS) is 10.2. The Morgan fingerprint density at radius 1 is 1.32 bits per heavy atom. The Labute approximate surface area is 130 Å². The van der Waals surface area contributed by atoms with Crippen molar-refractivity contribution in [3.63, 3.8) is 0 Å². The van der Waals surface area contributed by atoms with E-state index in [0.29, 0.717) is 5.75 Å². The van der Waals surface area contributed by atoms with Gasteiger partial charge in [-0.2, -0.15) is 0 Å². The Kier molecular flexibility index (Phi) is 5.21. The predicted molar refractivity (Wildman–Crippen MR) is 87.5 cm³/mol. The second kappa shape index (κ2) is 6.91. The SMILES string of the molecule is Cc1ccc(SCC(=O)Nc2ccccc2I)nc1. The third-order valence-electron chi connectivity index (χ3n) is 2.38. The average molecular weight is 384 g/mol.